The highest BCUT2D eigenvalue weighted by Crippen LogP contribution is 2.64. The van der Waals surface area contributed by atoms with Crippen LogP contribution in [-0.2, 0) is 9.47 Å². The van der Waals surface area contributed by atoms with E-state index in [-0.39, 0.29) is 11.2 Å². The highest BCUT2D eigenvalue weighted by molar-refractivity contribution is 5.45. The number of rotatable bonds is 1. The van der Waals surface area contributed by atoms with Gasteiger partial charge in [0.05, 0.1) is 13.2 Å². The maximum atomic E-state index is 11.2. The summed E-state index contributed by atoms with van der Waals surface area (Å²) in [4.78, 5) is 0. The molecule has 26 heavy (non-hydrogen) atoms. The molecule has 1 spiro atoms. The first-order chi connectivity index (χ1) is 12.6. The molecule has 1 aliphatic heterocycles. The number of terminal acetylenes is 1. The molecule has 4 atom stereocenters. The predicted octanol–water partition coefficient (Wildman–Crippen LogP) is 4.12. The number of aliphatic hydroxyl groups is 1. The fraction of sp³-hybridized carbons (Fsp3) is 0.739. The predicted molar refractivity (Wildman–Crippen MR) is 100 cm³/mol. The average Bonchev–Trinajstić information content (AvgIpc) is 3.24. The third-order valence-corrected chi connectivity index (χ3v) is 8.38. The number of fused-ring (bicyclic) bond motifs is 4. The van der Waals surface area contributed by atoms with Crippen molar-refractivity contribution in [1.82, 2.24) is 0 Å². The Morgan fingerprint density at radius 1 is 1.23 bits per heavy atom. The van der Waals surface area contributed by atoms with Crippen LogP contribution in [0, 0.1) is 29.6 Å². The molecule has 1 heterocycles. The standard InChI is InChI=1S/C23H30O3/c1-3-21-10-7-18-17-8-12-23(25-13-14-26-23)15-16(17)5-6-19(18)20(21)9-11-22(21,24)4-2/h2,7,19-20,24H,3,5-6,8-15H2,1H3. The van der Waals surface area contributed by atoms with Gasteiger partial charge in [-0.05, 0) is 67.9 Å². The van der Waals surface area contributed by atoms with Crippen molar-refractivity contribution < 1.29 is 14.6 Å². The second kappa shape index (κ2) is 5.71. The smallest absolute Gasteiger partial charge is 0.172 e. The largest absolute Gasteiger partial charge is 0.377 e. The zero-order valence-corrected chi connectivity index (χ0v) is 15.9. The van der Waals surface area contributed by atoms with Gasteiger partial charge in [-0.25, -0.2) is 0 Å². The summed E-state index contributed by atoms with van der Waals surface area (Å²) in [6.45, 7) is 3.69. The molecule has 4 aliphatic carbocycles. The Morgan fingerprint density at radius 3 is 2.77 bits per heavy atom. The summed E-state index contributed by atoms with van der Waals surface area (Å²) in [6.07, 6.45) is 17.3. The van der Waals surface area contributed by atoms with Crippen LogP contribution in [0.25, 0.3) is 0 Å². The zero-order chi connectivity index (χ0) is 18.0. The summed E-state index contributed by atoms with van der Waals surface area (Å²) < 4.78 is 12.0. The second-order valence-electron chi connectivity index (χ2n) is 9.03. The van der Waals surface area contributed by atoms with Gasteiger partial charge in [0.15, 0.2) is 5.79 Å². The van der Waals surface area contributed by atoms with Gasteiger partial charge in [0.2, 0.25) is 0 Å². The summed E-state index contributed by atoms with van der Waals surface area (Å²) >= 11 is 0. The Bertz CT molecular complexity index is 720. The molecule has 3 nitrogen and oxygen atoms in total. The zero-order valence-electron chi connectivity index (χ0n) is 15.9. The van der Waals surface area contributed by atoms with Crippen molar-refractivity contribution in [3.8, 4) is 12.3 Å². The maximum absolute atomic E-state index is 11.2. The lowest BCUT2D eigenvalue weighted by Crippen LogP contribution is -2.50. The van der Waals surface area contributed by atoms with Crippen LogP contribution in [-0.4, -0.2) is 29.7 Å². The van der Waals surface area contributed by atoms with Crippen molar-refractivity contribution in [1.29, 1.82) is 0 Å². The van der Waals surface area contributed by atoms with Crippen molar-refractivity contribution in [2.24, 2.45) is 17.3 Å². The fourth-order valence-electron chi connectivity index (χ4n) is 7.05. The molecule has 140 valence electrons. The normalized spacial score (nSPS) is 43.5. The van der Waals surface area contributed by atoms with Crippen molar-refractivity contribution in [3.63, 3.8) is 0 Å². The van der Waals surface area contributed by atoms with Crippen LogP contribution in [0.2, 0.25) is 0 Å². The van der Waals surface area contributed by atoms with Crippen LogP contribution >= 0.6 is 0 Å². The van der Waals surface area contributed by atoms with Crippen LogP contribution in [0.15, 0.2) is 22.8 Å². The molecule has 1 saturated carbocycles. The average molecular weight is 354 g/mol. The molecular formula is C23H30O3. The summed E-state index contributed by atoms with van der Waals surface area (Å²) in [5, 5.41) is 11.2. The number of hydrogen-bond donors (Lipinski definition) is 1. The summed E-state index contributed by atoms with van der Waals surface area (Å²) in [7, 11) is 0. The third-order valence-electron chi connectivity index (χ3n) is 8.38. The Morgan fingerprint density at radius 2 is 2.04 bits per heavy atom. The Balaban J connectivity index is 1.50. The maximum Gasteiger partial charge on any atom is 0.172 e. The molecule has 5 rings (SSSR count). The van der Waals surface area contributed by atoms with Crippen molar-refractivity contribution in [2.75, 3.05) is 13.2 Å². The summed E-state index contributed by atoms with van der Waals surface area (Å²) in [6, 6.07) is 0. The summed E-state index contributed by atoms with van der Waals surface area (Å²) in [5.74, 6) is 3.57. The Hall–Kier alpha value is -1.08. The van der Waals surface area contributed by atoms with E-state index in [1.54, 1.807) is 16.7 Å². The molecule has 0 radical (unpaired) electrons. The Kier molecular flexibility index (Phi) is 3.74. The van der Waals surface area contributed by atoms with E-state index in [1.807, 2.05) is 0 Å². The van der Waals surface area contributed by atoms with Gasteiger partial charge < -0.3 is 14.6 Å². The van der Waals surface area contributed by atoms with E-state index in [4.69, 9.17) is 15.9 Å². The minimum atomic E-state index is -0.925. The first kappa shape index (κ1) is 17.0. The van der Waals surface area contributed by atoms with Crippen molar-refractivity contribution in [2.45, 2.75) is 76.1 Å². The number of ether oxygens (including phenoxy) is 2. The van der Waals surface area contributed by atoms with E-state index in [9.17, 15) is 5.11 Å². The fourth-order valence-corrected chi connectivity index (χ4v) is 7.05. The van der Waals surface area contributed by atoms with Gasteiger partial charge in [-0.1, -0.05) is 24.5 Å². The molecule has 0 amide bonds. The number of hydrogen-bond acceptors (Lipinski definition) is 3. The highest BCUT2D eigenvalue weighted by Gasteiger charge is 2.61. The molecule has 4 unspecified atom stereocenters. The first-order valence-corrected chi connectivity index (χ1v) is 10.5. The minimum absolute atomic E-state index is 0.123. The second-order valence-corrected chi connectivity index (χ2v) is 9.03. The minimum Gasteiger partial charge on any atom is -0.377 e. The molecule has 1 saturated heterocycles. The lowest BCUT2D eigenvalue weighted by Gasteiger charge is -2.51. The van der Waals surface area contributed by atoms with Crippen molar-refractivity contribution >= 4 is 0 Å². The molecule has 5 aliphatic rings. The lowest BCUT2D eigenvalue weighted by molar-refractivity contribution is -0.164. The van der Waals surface area contributed by atoms with E-state index in [2.05, 4.69) is 18.9 Å². The van der Waals surface area contributed by atoms with E-state index in [0.29, 0.717) is 11.8 Å². The van der Waals surface area contributed by atoms with Gasteiger partial charge in [0, 0.05) is 18.3 Å². The van der Waals surface area contributed by atoms with E-state index in [1.165, 1.54) is 6.42 Å². The summed E-state index contributed by atoms with van der Waals surface area (Å²) in [5.41, 5.74) is 3.68. The molecular weight excluding hydrogens is 324 g/mol. The Labute approximate surface area is 156 Å². The van der Waals surface area contributed by atoms with Crippen LogP contribution < -0.4 is 0 Å². The third kappa shape index (κ3) is 2.07. The van der Waals surface area contributed by atoms with E-state index >= 15 is 0 Å². The van der Waals surface area contributed by atoms with Gasteiger partial charge in [-0.15, -0.1) is 6.42 Å². The quantitative estimate of drug-likeness (QED) is 0.720. The molecule has 0 bridgehead atoms. The molecule has 1 N–H and O–H groups in total. The molecule has 3 heteroatoms. The van der Waals surface area contributed by atoms with Gasteiger partial charge in [-0.2, -0.15) is 0 Å². The van der Waals surface area contributed by atoms with Crippen LogP contribution in [0.3, 0.4) is 0 Å². The SMILES string of the molecule is C#CC1(O)CCC2C3CCC4=C(CCC5(C4)OCCO5)C3=CCC21CC. The molecule has 2 fully saturated rings. The topological polar surface area (TPSA) is 38.7 Å². The van der Waals surface area contributed by atoms with Gasteiger partial charge in [0.1, 0.15) is 5.60 Å². The van der Waals surface area contributed by atoms with Crippen LogP contribution in [0.4, 0.5) is 0 Å². The van der Waals surface area contributed by atoms with Crippen LogP contribution in [0.1, 0.15) is 64.7 Å². The first-order valence-electron chi connectivity index (χ1n) is 10.5. The van der Waals surface area contributed by atoms with Gasteiger partial charge in [0.25, 0.3) is 0 Å². The monoisotopic (exact) mass is 354 g/mol. The lowest BCUT2D eigenvalue weighted by atomic mass is 9.54. The molecule has 0 aromatic rings. The molecule has 0 aromatic carbocycles. The van der Waals surface area contributed by atoms with Crippen LogP contribution in [0.5, 0.6) is 0 Å². The van der Waals surface area contributed by atoms with E-state index in [0.717, 1.165) is 64.6 Å². The van der Waals surface area contributed by atoms with Gasteiger partial charge >= 0.3 is 0 Å². The van der Waals surface area contributed by atoms with E-state index < -0.39 is 5.60 Å². The molecule has 0 aromatic heterocycles. The highest BCUT2D eigenvalue weighted by atomic mass is 16.7. The number of allylic oxidation sites excluding steroid dienone is 3. The van der Waals surface area contributed by atoms with Crippen molar-refractivity contribution in [3.05, 3.63) is 22.8 Å². The van der Waals surface area contributed by atoms with Gasteiger partial charge in [-0.3, -0.25) is 0 Å².